The van der Waals surface area contributed by atoms with E-state index in [0.29, 0.717) is 6.54 Å². The first-order valence-corrected chi connectivity index (χ1v) is 7.35. The summed E-state index contributed by atoms with van der Waals surface area (Å²) >= 11 is 0. The molecule has 2 heterocycles. The second-order valence-corrected chi connectivity index (χ2v) is 5.20. The van der Waals surface area contributed by atoms with Crippen molar-refractivity contribution in [3.8, 4) is 0 Å². The zero-order chi connectivity index (χ0) is 14.5. The summed E-state index contributed by atoms with van der Waals surface area (Å²) in [6.45, 7) is 2.34. The van der Waals surface area contributed by atoms with Crippen LogP contribution in [-0.2, 0) is 12.8 Å². The van der Waals surface area contributed by atoms with Gasteiger partial charge in [0, 0.05) is 25.1 Å². The molecule has 0 unspecified atom stereocenters. The fourth-order valence-electron chi connectivity index (χ4n) is 2.61. The summed E-state index contributed by atoms with van der Waals surface area (Å²) < 4.78 is 0. The number of nitrogens with one attached hydrogen (secondary N) is 2. The number of anilines is 1. The van der Waals surface area contributed by atoms with Crippen LogP contribution in [0, 0.1) is 0 Å². The van der Waals surface area contributed by atoms with E-state index in [0.717, 1.165) is 43.0 Å². The molecule has 0 spiro atoms. The summed E-state index contributed by atoms with van der Waals surface area (Å²) in [5.41, 5.74) is 3.18. The van der Waals surface area contributed by atoms with E-state index in [2.05, 4.69) is 20.6 Å². The third-order valence-corrected chi connectivity index (χ3v) is 3.77. The lowest BCUT2D eigenvalue weighted by molar-refractivity contribution is 0.191. The Balaban J connectivity index is 1.71. The molecule has 1 aliphatic heterocycles. The first-order valence-electron chi connectivity index (χ1n) is 7.35. The monoisotopic (exact) mass is 284 g/mol. The van der Waals surface area contributed by atoms with Crippen molar-refractivity contribution in [3.05, 3.63) is 53.5 Å². The first-order chi connectivity index (χ1) is 10.3. The lowest BCUT2D eigenvalue weighted by Gasteiger charge is -2.15. The molecular formula is C16H20N4O. The molecule has 0 fully saturated rings. The molecule has 0 saturated carbocycles. The van der Waals surface area contributed by atoms with E-state index in [1.165, 1.54) is 5.56 Å². The number of aliphatic hydroxyl groups is 1. The van der Waals surface area contributed by atoms with Crippen LogP contribution in [0.1, 0.15) is 22.9 Å². The van der Waals surface area contributed by atoms with Gasteiger partial charge in [-0.3, -0.25) is 0 Å². The molecule has 3 rings (SSSR count). The van der Waals surface area contributed by atoms with Crippen molar-refractivity contribution in [1.29, 1.82) is 0 Å². The summed E-state index contributed by atoms with van der Waals surface area (Å²) in [5.74, 6) is 0.846. The van der Waals surface area contributed by atoms with Gasteiger partial charge in [0.1, 0.15) is 12.1 Å². The molecule has 1 aromatic carbocycles. The van der Waals surface area contributed by atoms with Crippen LogP contribution in [0.15, 0.2) is 36.7 Å². The van der Waals surface area contributed by atoms with Crippen molar-refractivity contribution in [2.75, 3.05) is 25.0 Å². The maximum Gasteiger partial charge on any atom is 0.132 e. The minimum absolute atomic E-state index is 0.445. The lowest BCUT2D eigenvalue weighted by Crippen LogP contribution is -2.17. The van der Waals surface area contributed by atoms with Crippen molar-refractivity contribution in [3.63, 3.8) is 0 Å². The van der Waals surface area contributed by atoms with Crippen molar-refractivity contribution < 1.29 is 5.11 Å². The van der Waals surface area contributed by atoms with Gasteiger partial charge in [0.05, 0.1) is 11.8 Å². The number of aliphatic hydroxyl groups excluding tert-OH is 1. The number of fused-ring (bicyclic) bond motifs is 1. The van der Waals surface area contributed by atoms with Crippen molar-refractivity contribution in [2.24, 2.45) is 0 Å². The molecule has 3 N–H and O–H groups in total. The van der Waals surface area contributed by atoms with Gasteiger partial charge in [-0.05, 0) is 18.5 Å². The van der Waals surface area contributed by atoms with Crippen molar-refractivity contribution in [2.45, 2.75) is 18.9 Å². The van der Waals surface area contributed by atoms with Gasteiger partial charge in [-0.25, -0.2) is 9.97 Å². The van der Waals surface area contributed by atoms with Crippen LogP contribution in [-0.4, -0.2) is 34.7 Å². The molecule has 21 heavy (non-hydrogen) atoms. The molecule has 2 aromatic rings. The Kier molecular flexibility index (Phi) is 4.43. The van der Waals surface area contributed by atoms with Crippen molar-refractivity contribution in [1.82, 2.24) is 15.3 Å². The topological polar surface area (TPSA) is 70.1 Å². The van der Waals surface area contributed by atoms with Crippen LogP contribution < -0.4 is 10.6 Å². The van der Waals surface area contributed by atoms with Crippen molar-refractivity contribution >= 4 is 5.82 Å². The van der Waals surface area contributed by atoms with E-state index in [4.69, 9.17) is 0 Å². The van der Waals surface area contributed by atoms with Gasteiger partial charge in [0.2, 0.25) is 0 Å². The van der Waals surface area contributed by atoms with Crippen LogP contribution in [0.5, 0.6) is 0 Å². The number of hydrogen-bond donors (Lipinski definition) is 3. The molecule has 1 aliphatic rings. The Morgan fingerprint density at radius 1 is 1.14 bits per heavy atom. The fraction of sp³-hybridized carbons (Fsp3) is 0.375. The Labute approximate surface area is 124 Å². The smallest absolute Gasteiger partial charge is 0.132 e. The van der Waals surface area contributed by atoms with Gasteiger partial charge in [0.15, 0.2) is 0 Å². The molecule has 1 aromatic heterocycles. The molecule has 1 atom stereocenters. The highest BCUT2D eigenvalue weighted by molar-refractivity contribution is 5.47. The van der Waals surface area contributed by atoms with Gasteiger partial charge >= 0.3 is 0 Å². The Morgan fingerprint density at radius 2 is 1.95 bits per heavy atom. The number of aromatic nitrogens is 2. The summed E-state index contributed by atoms with van der Waals surface area (Å²) in [6, 6.07) is 9.66. The average Bonchev–Trinajstić information content (AvgIpc) is 2.79. The van der Waals surface area contributed by atoms with Gasteiger partial charge in [-0.1, -0.05) is 30.3 Å². The highest BCUT2D eigenvalue weighted by Crippen LogP contribution is 2.19. The normalized spacial score (nSPS) is 15.9. The fourth-order valence-corrected chi connectivity index (χ4v) is 2.61. The highest BCUT2D eigenvalue weighted by atomic mass is 16.3. The van der Waals surface area contributed by atoms with Gasteiger partial charge in [-0.15, -0.1) is 0 Å². The SMILES string of the molecule is O[C@@H](CNc1ncnc2c1CCNCC2)c1ccccc1. The summed E-state index contributed by atoms with van der Waals surface area (Å²) in [6.07, 6.45) is 2.90. The number of benzene rings is 1. The first kappa shape index (κ1) is 14.0. The van der Waals surface area contributed by atoms with E-state index in [1.54, 1.807) is 6.33 Å². The Bertz CT molecular complexity index is 588. The van der Waals surface area contributed by atoms with E-state index in [-0.39, 0.29) is 0 Å². The van der Waals surface area contributed by atoms with Crippen LogP contribution in [0.25, 0.3) is 0 Å². The predicted octanol–water partition coefficient (Wildman–Crippen LogP) is 1.31. The number of hydrogen-bond acceptors (Lipinski definition) is 5. The minimum Gasteiger partial charge on any atom is -0.387 e. The molecule has 0 radical (unpaired) electrons. The van der Waals surface area contributed by atoms with Crippen LogP contribution in [0.4, 0.5) is 5.82 Å². The van der Waals surface area contributed by atoms with Crippen LogP contribution >= 0.6 is 0 Å². The summed E-state index contributed by atoms with van der Waals surface area (Å²) in [7, 11) is 0. The lowest BCUT2D eigenvalue weighted by atomic mass is 10.1. The third kappa shape index (κ3) is 3.37. The van der Waals surface area contributed by atoms with Crippen LogP contribution in [0.3, 0.4) is 0 Å². The maximum absolute atomic E-state index is 10.2. The molecule has 5 heteroatoms. The second-order valence-electron chi connectivity index (χ2n) is 5.20. The highest BCUT2D eigenvalue weighted by Gasteiger charge is 2.15. The van der Waals surface area contributed by atoms with E-state index < -0.39 is 6.10 Å². The average molecular weight is 284 g/mol. The van der Waals surface area contributed by atoms with E-state index in [9.17, 15) is 5.11 Å². The quantitative estimate of drug-likeness (QED) is 0.790. The third-order valence-electron chi connectivity index (χ3n) is 3.77. The van der Waals surface area contributed by atoms with Gasteiger partial charge in [0.25, 0.3) is 0 Å². The minimum atomic E-state index is -0.541. The van der Waals surface area contributed by atoms with Gasteiger partial charge < -0.3 is 15.7 Å². The molecule has 0 amide bonds. The zero-order valence-electron chi connectivity index (χ0n) is 11.9. The van der Waals surface area contributed by atoms with Crippen LogP contribution in [0.2, 0.25) is 0 Å². The Hall–Kier alpha value is -1.98. The van der Waals surface area contributed by atoms with E-state index in [1.807, 2.05) is 30.3 Å². The summed E-state index contributed by atoms with van der Waals surface area (Å²) in [4.78, 5) is 8.71. The van der Waals surface area contributed by atoms with E-state index >= 15 is 0 Å². The second kappa shape index (κ2) is 6.65. The molecule has 0 bridgehead atoms. The number of rotatable bonds is 4. The van der Waals surface area contributed by atoms with Gasteiger partial charge in [-0.2, -0.15) is 0 Å². The molecule has 0 aliphatic carbocycles. The number of nitrogens with zero attached hydrogens (tertiary/aromatic N) is 2. The molecular weight excluding hydrogens is 264 g/mol. The Morgan fingerprint density at radius 3 is 2.81 bits per heavy atom. The zero-order valence-corrected chi connectivity index (χ0v) is 11.9. The largest absolute Gasteiger partial charge is 0.387 e. The predicted molar refractivity (Wildman–Crippen MR) is 82.2 cm³/mol. The standard InChI is InChI=1S/C16H20N4O/c21-15(12-4-2-1-3-5-12)10-18-16-13-6-8-17-9-7-14(13)19-11-20-16/h1-5,11,15,17,21H,6-10H2,(H,18,19,20)/t15-/m0/s1. The summed E-state index contributed by atoms with van der Waals surface area (Å²) in [5, 5.41) is 16.9. The maximum atomic E-state index is 10.2. The molecule has 0 saturated heterocycles. The molecule has 110 valence electrons. The molecule has 5 nitrogen and oxygen atoms in total.